The molecule has 0 spiro atoms. The first-order valence-electron chi connectivity index (χ1n) is 9.16. The molecule has 140 valence electrons. The van der Waals surface area contributed by atoms with Crippen LogP contribution in [0.1, 0.15) is 43.5 Å². The van der Waals surface area contributed by atoms with E-state index in [1.807, 2.05) is 29.7 Å². The topological polar surface area (TPSA) is 91.7 Å². The van der Waals surface area contributed by atoms with Crippen LogP contribution in [0.5, 0.6) is 0 Å². The molecule has 28 heavy (non-hydrogen) atoms. The molecule has 0 bridgehead atoms. The van der Waals surface area contributed by atoms with Crippen LogP contribution in [0.15, 0.2) is 36.4 Å². The number of rotatable bonds is 5. The van der Waals surface area contributed by atoms with Gasteiger partial charge in [0.1, 0.15) is 11.9 Å². The van der Waals surface area contributed by atoms with Crippen molar-refractivity contribution in [1.29, 1.82) is 10.5 Å². The highest BCUT2D eigenvalue weighted by Gasteiger charge is 2.25. The summed E-state index contributed by atoms with van der Waals surface area (Å²) in [5.41, 5.74) is 4.28. The monoisotopic (exact) mass is 372 g/mol. The molecule has 0 N–H and O–H groups in total. The van der Waals surface area contributed by atoms with Gasteiger partial charge in [0.15, 0.2) is 0 Å². The lowest BCUT2D eigenvalue weighted by Gasteiger charge is -2.18. The molecule has 3 rings (SSSR count). The third kappa shape index (κ3) is 3.33. The number of aromatic nitrogens is 2. The van der Waals surface area contributed by atoms with E-state index in [1.54, 1.807) is 32.0 Å². The maximum atomic E-state index is 12.5. The number of imidazole rings is 1. The number of ether oxygens (including phenoxy) is 1. The van der Waals surface area contributed by atoms with Crippen LogP contribution in [-0.2, 0) is 16.0 Å². The summed E-state index contributed by atoms with van der Waals surface area (Å²) in [7, 11) is 0. The average molecular weight is 372 g/mol. The molecular weight excluding hydrogens is 352 g/mol. The van der Waals surface area contributed by atoms with Crippen LogP contribution in [-0.4, -0.2) is 22.1 Å². The van der Waals surface area contributed by atoms with Crippen molar-refractivity contribution in [1.82, 2.24) is 9.55 Å². The Labute approximate surface area is 163 Å². The Morgan fingerprint density at radius 3 is 2.39 bits per heavy atom. The summed E-state index contributed by atoms with van der Waals surface area (Å²) in [5.74, 6) is 0.257. The van der Waals surface area contributed by atoms with Crippen LogP contribution in [0.2, 0.25) is 0 Å². The van der Waals surface area contributed by atoms with E-state index < -0.39 is 6.04 Å². The number of hydrogen-bond acceptors (Lipinski definition) is 5. The van der Waals surface area contributed by atoms with E-state index in [4.69, 9.17) is 15.0 Å². The summed E-state index contributed by atoms with van der Waals surface area (Å²) in [6.07, 6.45) is 0.695. The second kappa shape index (κ2) is 7.94. The minimum Gasteiger partial charge on any atom is -0.464 e. The van der Waals surface area contributed by atoms with Crippen LogP contribution < -0.4 is 0 Å². The molecule has 6 nitrogen and oxygen atoms in total. The van der Waals surface area contributed by atoms with Gasteiger partial charge in [0, 0.05) is 5.56 Å². The van der Waals surface area contributed by atoms with Crippen molar-refractivity contribution in [2.45, 2.75) is 33.2 Å². The van der Waals surface area contributed by atoms with Gasteiger partial charge in [-0.1, -0.05) is 6.92 Å². The molecule has 3 aromatic rings. The summed E-state index contributed by atoms with van der Waals surface area (Å²) >= 11 is 0. The van der Waals surface area contributed by atoms with E-state index in [0.717, 1.165) is 16.6 Å². The van der Waals surface area contributed by atoms with Gasteiger partial charge in [0.2, 0.25) is 0 Å². The number of esters is 1. The summed E-state index contributed by atoms with van der Waals surface area (Å²) in [5, 5.41) is 18.4. The summed E-state index contributed by atoms with van der Waals surface area (Å²) in [4.78, 5) is 17.3. The zero-order valence-electron chi connectivity index (χ0n) is 16.1. The zero-order valence-corrected chi connectivity index (χ0v) is 16.1. The van der Waals surface area contributed by atoms with Crippen LogP contribution in [0.25, 0.3) is 22.4 Å². The normalized spacial score (nSPS) is 11.6. The number of fused-ring (bicyclic) bond motifs is 1. The van der Waals surface area contributed by atoms with E-state index in [2.05, 4.69) is 12.1 Å². The van der Waals surface area contributed by atoms with Crippen molar-refractivity contribution in [3.05, 3.63) is 53.1 Å². The molecule has 6 heteroatoms. The van der Waals surface area contributed by atoms with Crippen LogP contribution in [0.3, 0.4) is 0 Å². The molecular formula is C22H20N4O2. The van der Waals surface area contributed by atoms with E-state index in [9.17, 15) is 10.1 Å². The number of aryl methyl sites for hydroxylation is 1. The van der Waals surface area contributed by atoms with Gasteiger partial charge in [0.05, 0.1) is 40.9 Å². The van der Waals surface area contributed by atoms with Gasteiger partial charge in [-0.25, -0.2) is 9.78 Å². The Morgan fingerprint density at radius 1 is 1.14 bits per heavy atom. The summed E-state index contributed by atoms with van der Waals surface area (Å²) in [6, 6.07) is 14.3. The maximum Gasteiger partial charge on any atom is 0.328 e. The number of nitrogens with zero attached hydrogens (tertiary/aromatic N) is 4. The fraction of sp³-hybridized carbons (Fsp3) is 0.273. The molecule has 1 heterocycles. The summed E-state index contributed by atoms with van der Waals surface area (Å²) in [6.45, 7) is 5.85. The van der Waals surface area contributed by atoms with Gasteiger partial charge in [-0.15, -0.1) is 0 Å². The van der Waals surface area contributed by atoms with Gasteiger partial charge in [0.25, 0.3) is 0 Å². The lowest BCUT2D eigenvalue weighted by molar-refractivity contribution is -0.146. The Morgan fingerprint density at radius 2 is 1.82 bits per heavy atom. The van der Waals surface area contributed by atoms with E-state index in [-0.39, 0.29) is 5.97 Å². The van der Waals surface area contributed by atoms with Crippen molar-refractivity contribution < 1.29 is 9.53 Å². The molecule has 1 atom stereocenters. The molecule has 0 aliphatic heterocycles. The molecule has 0 radical (unpaired) electrons. The Bertz CT molecular complexity index is 1110. The fourth-order valence-electron chi connectivity index (χ4n) is 3.29. The number of hydrogen-bond donors (Lipinski definition) is 0. The lowest BCUT2D eigenvalue weighted by Crippen LogP contribution is -2.20. The van der Waals surface area contributed by atoms with Crippen molar-refractivity contribution in [3.63, 3.8) is 0 Å². The first-order chi connectivity index (χ1) is 13.5. The number of benzene rings is 2. The number of nitriles is 2. The molecule has 0 aliphatic carbocycles. The third-order valence-corrected chi connectivity index (χ3v) is 4.66. The van der Waals surface area contributed by atoms with Crippen LogP contribution in [0, 0.1) is 22.7 Å². The van der Waals surface area contributed by atoms with Gasteiger partial charge in [-0.05, 0) is 62.2 Å². The SMILES string of the molecule is CCOC(=O)C(C)n1c(-c2ccc(C#N)cc2)nc2cc(C#N)cc(CC)c21. The predicted molar refractivity (Wildman–Crippen MR) is 105 cm³/mol. The Balaban J connectivity index is 2.32. The highest BCUT2D eigenvalue weighted by Crippen LogP contribution is 2.32. The smallest absolute Gasteiger partial charge is 0.328 e. The van der Waals surface area contributed by atoms with E-state index in [0.29, 0.717) is 35.5 Å². The second-order valence-corrected chi connectivity index (χ2v) is 6.39. The molecule has 1 aromatic heterocycles. The van der Waals surface area contributed by atoms with Crippen LogP contribution in [0.4, 0.5) is 0 Å². The summed E-state index contributed by atoms with van der Waals surface area (Å²) < 4.78 is 7.11. The maximum absolute atomic E-state index is 12.5. The van der Waals surface area contributed by atoms with Crippen LogP contribution >= 0.6 is 0 Å². The molecule has 0 saturated heterocycles. The standard InChI is InChI=1S/C22H20N4O2/c1-4-17-10-16(13-24)11-19-20(17)26(14(3)22(27)28-5-2)21(25-19)18-8-6-15(12-23)7-9-18/h6-11,14H,4-5H2,1-3H3. The molecule has 1 unspecified atom stereocenters. The molecule has 0 fully saturated rings. The predicted octanol–water partition coefficient (Wildman–Crippen LogP) is 4.13. The van der Waals surface area contributed by atoms with Crippen molar-refractivity contribution in [3.8, 4) is 23.5 Å². The van der Waals surface area contributed by atoms with E-state index >= 15 is 0 Å². The number of carbonyl (C=O) groups excluding carboxylic acids is 1. The van der Waals surface area contributed by atoms with Crippen molar-refractivity contribution >= 4 is 17.0 Å². The molecule has 2 aromatic carbocycles. The van der Waals surface area contributed by atoms with E-state index in [1.165, 1.54) is 0 Å². The molecule has 0 saturated carbocycles. The van der Waals surface area contributed by atoms with Gasteiger partial charge < -0.3 is 9.30 Å². The highest BCUT2D eigenvalue weighted by molar-refractivity contribution is 5.88. The van der Waals surface area contributed by atoms with Gasteiger partial charge in [-0.2, -0.15) is 10.5 Å². The molecule has 0 aliphatic rings. The van der Waals surface area contributed by atoms with Crippen molar-refractivity contribution in [2.75, 3.05) is 6.61 Å². The Hall–Kier alpha value is -3.64. The molecule has 0 amide bonds. The second-order valence-electron chi connectivity index (χ2n) is 6.39. The highest BCUT2D eigenvalue weighted by atomic mass is 16.5. The fourth-order valence-corrected chi connectivity index (χ4v) is 3.29. The lowest BCUT2D eigenvalue weighted by atomic mass is 10.1. The Kier molecular flexibility index (Phi) is 5.42. The minimum absolute atomic E-state index is 0.293. The quantitative estimate of drug-likeness (QED) is 0.628. The third-order valence-electron chi connectivity index (χ3n) is 4.66. The van der Waals surface area contributed by atoms with Gasteiger partial charge >= 0.3 is 5.97 Å². The first-order valence-corrected chi connectivity index (χ1v) is 9.16. The van der Waals surface area contributed by atoms with Gasteiger partial charge in [-0.3, -0.25) is 0 Å². The largest absolute Gasteiger partial charge is 0.464 e. The minimum atomic E-state index is -0.589. The zero-order chi connectivity index (χ0) is 20.3. The first kappa shape index (κ1) is 19.1. The van der Waals surface area contributed by atoms with Crippen molar-refractivity contribution in [2.24, 2.45) is 0 Å². The number of carbonyl (C=O) groups is 1. The average Bonchev–Trinajstić information content (AvgIpc) is 3.12.